The maximum absolute atomic E-state index is 13.5. The van der Waals surface area contributed by atoms with Crippen LogP contribution >= 0.6 is 0 Å². The second kappa shape index (κ2) is 7.95. The first-order valence-electron chi connectivity index (χ1n) is 11.8. The molecule has 0 saturated carbocycles. The van der Waals surface area contributed by atoms with E-state index in [1.54, 1.807) is 22.8 Å². The van der Waals surface area contributed by atoms with Gasteiger partial charge in [-0.05, 0) is 48.9 Å². The molecular formula is C23H28N6O3S. The number of amides is 1. The first-order chi connectivity index (χ1) is 16.0. The SMILES string of the molecule is O=C1CCc2cc(S(=O)(=O)N3CCN(c4cc(N5CCCC5)ncn4)CC3)cc3c2N1CC3. The van der Waals surface area contributed by atoms with E-state index in [1.807, 2.05) is 11.0 Å². The van der Waals surface area contributed by atoms with E-state index in [-0.39, 0.29) is 5.91 Å². The molecule has 2 fully saturated rings. The molecule has 0 N–H and O–H groups in total. The molecule has 1 aromatic carbocycles. The normalized spacial score (nSPS) is 21.1. The average Bonchev–Trinajstić information content (AvgIpc) is 3.53. The molecule has 5 heterocycles. The van der Waals surface area contributed by atoms with Crippen molar-refractivity contribution < 1.29 is 13.2 Å². The van der Waals surface area contributed by atoms with Gasteiger partial charge in [0.05, 0.1) is 10.6 Å². The molecule has 174 valence electrons. The summed E-state index contributed by atoms with van der Waals surface area (Å²) in [5, 5.41) is 0. The smallest absolute Gasteiger partial charge is 0.243 e. The van der Waals surface area contributed by atoms with Crippen LogP contribution in [0.25, 0.3) is 0 Å². The summed E-state index contributed by atoms with van der Waals surface area (Å²) < 4.78 is 28.6. The minimum Gasteiger partial charge on any atom is -0.356 e. The first-order valence-corrected chi connectivity index (χ1v) is 13.2. The van der Waals surface area contributed by atoms with Gasteiger partial charge in [0, 0.05) is 58.3 Å². The summed E-state index contributed by atoms with van der Waals surface area (Å²) in [6, 6.07) is 5.59. The van der Waals surface area contributed by atoms with Gasteiger partial charge >= 0.3 is 0 Å². The lowest BCUT2D eigenvalue weighted by Crippen LogP contribution is -2.49. The van der Waals surface area contributed by atoms with Crippen molar-refractivity contribution in [2.75, 3.05) is 60.5 Å². The van der Waals surface area contributed by atoms with Gasteiger partial charge in [0.15, 0.2) is 0 Å². The van der Waals surface area contributed by atoms with Gasteiger partial charge in [0.2, 0.25) is 15.9 Å². The zero-order valence-electron chi connectivity index (χ0n) is 18.6. The summed E-state index contributed by atoms with van der Waals surface area (Å²) in [5.74, 6) is 1.95. The highest BCUT2D eigenvalue weighted by atomic mass is 32.2. The zero-order chi connectivity index (χ0) is 22.6. The quantitative estimate of drug-likeness (QED) is 0.670. The molecule has 4 aliphatic heterocycles. The highest BCUT2D eigenvalue weighted by Gasteiger charge is 2.35. The number of sulfonamides is 1. The lowest BCUT2D eigenvalue weighted by molar-refractivity contribution is -0.118. The van der Waals surface area contributed by atoms with E-state index in [2.05, 4.69) is 19.8 Å². The summed E-state index contributed by atoms with van der Waals surface area (Å²) in [6.45, 7) is 4.73. The summed E-state index contributed by atoms with van der Waals surface area (Å²) in [6.07, 6.45) is 5.77. The molecule has 0 bridgehead atoms. The number of aryl methyl sites for hydroxylation is 1. The van der Waals surface area contributed by atoms with Crippen LogP contribution < -0.4 is 14.7 Å². The number of rotatable bonds is 4. The molecule has 2 saturated heterocycles. The zero-order valence-corrected chi connectivity index (χ0v) is 19.4. The third-order valence-corrected chi connectivity index (χ3v) is 9.17. The topological polar surface area (TPSA) is 90.0 Å². The van der Waals surface area contributed by atoms with Crippen molar-refractivity contribution in [2.45, 2.75) is 37.0 Å². The Morgan fingerprint density at radius 3 is 2.06 bits per heavy atom. The highest BCUT2D eigenvalue weighted by Crippen LogP contribution is 2.39. The number of aromatic nitrogens is 2. The van der Waals surface area contributed by atoms with Gasteiger partial charge in [0.25, 0.3) is 0 Å². The van der Waals surface area contributed by atoms with Gasteiger partial charge in [0.1, 0.15) is 18.0 Å². The minimum atomic E-state index is -3.59. The van der Waals surface area contributed by atoms with Gasteiger partial charge < -0.3 is 14.7 Å². The molecule has 10 heteroatoms. The Morgan fingerprint density at radius 2 is 1.36 bits per heavy atom. The largest absolute Gasteiger partial charge is 0.356 e. The maximum Gasteiger partial charge on any atom is 0.243 e. The molecule has 1 amide bonds. The number of anilines is 3. The van der Waals surface area contributed by atoms with E-state index in [0.29, 0.717) is 50.5 Å². The number of carbonyl (C=O) groups excluding carboxylic acids is 1. The van der Waals surface area contributed by atoms with E-state index in [0.717, 1.165) is 48.0 Å². The van der Waals surface area contributed by atoms with Crippen molar-refractivity contribution in [3.63, 3.8) is 0 Å². The molecule has 33 heavy (non-hydrogen) atoms. The molecule has 0 atom stereocenters. The van der Waals surface area contributed by atoms with Crippen LogP contribution in [0.2, 0.25) is 0 Å². The maximum atomic E-state index is 13.5. The Hall–Kier alpha value is -2.72. The average molecular weight is 469 g/mol. The van der Waals surface area contributed by atoms with E-state index in [4.69, 9.17) is 0 Å². The van der Waals surface area contributed by atoms with Crippen LogP contribution in [0.3, 0.4) is 0 Å². The Bertz CT molecular complexity index is 1200. The predicted octanol–water partition coefficient (Wildman–Crippen LogP) is 1.42. The lowest BCUT2D eigenvalue weighted by Gasteiger charge is -2.35. The number of nitrogens with zero attached hydrogens (tertiary/aromatic N) is 6. The lowest BCUT2D eigenvalue weighted by atomic mass is 10.00. The third kappa shape index (κ3) is 3.56. The number of hydrogen-bond donors (Lipinski definition) is 0. The molecule has 9 nitrogen and oxygen atoms in total. The second-order valence-corrected chi connectivity index (χ2v) is 11.1. The summed E-state index contributed by atoms with van der Waals surface area (Å²) in [4.78, 5) is 27.7. The van der Waals surface area contributed by atoms with Crippen molar-refractivity contribution >= 4 is 33.3 Å². The van der Waals surface area contributed by atoms with Crippen molar-refractivity contribution in [3.8, 4) is 0 Å². The molecule has 1 aromatic heterocycles. The summed E-state index contributed by atoms with van der Waals surface area (Å²) >= 11 is 0. The van der Waals surface area contributed by atoms with Gasteiger partial charge in [-0.25, -0.2) is 18.4 Å². The Labute approximate surface area is 194 Å². The van der Waals surface area contributed by atoms with Crippen LogP contribution in [0.4, 0.5) is 17.3 Å². The molecule has 2 aromatic rings. The Morgan fingerprint density at radius 1 is 0.727 bits per heavy atom. The summed E-state index contributed by atoms with van der Waals surface area (Å²) in [7, 11) is -3.59. The Balaban J connectivity index is 1.19. The van der Waals surface area contributed by atoms with Crippen LogP contribution in [-0.4, -0.2) is 74.4 Å². The first kappa shape index (κ1) is 20.9. The van der Waals surface area contributed by atoms with E-state index in [1.165, 1.54) is 12.8 Å². The summed E-state index contributed by atoms with van der Waals surface area (Å²) in [5.41, 5.74) is 2.91. The van der Waals surface area contributed by atoms with Crippen molar-refractivity contribution in [1.29, 1.82) is 0 Å². The molecule has 6 rings (SSSR count). The van der Waals surface area contributed by atoms with Gasteiger partial charge in [-0.1, -0.05) is 0 Å². The van der Waals surface area contributed by atoms with Gasteiger partial charge in [-0.2, -0.15) is 4.31 Å². The second-order valence-electron chi connectivity index (χ2n) is 9.21. The molecule has 4 aliphatic rings. The van der Waals surface area contributed by atoms with E-state index >= 15 is 0 Å². The van der Waals surface area contributed by atoms with Gasteiger partial charge in [-0.15, -0.1) is 0 Å². The van der Waals surface area contributed by atoms with Crippen molar-refractivity contribution in [2.24, 2.45) is 0 Å². The standard InChI is InChI=1S/C23H28N6O3S/c30-22-4-3-17-13-19(14-18-5-8-29(22)23(17)18)33(31,32)28-11-9-27(10-12-28)21-15-20(24-16-25-21)26-6-1-2-7-26/h13-16H,1-12H2. The van der Waals surface area contributed by atoms with E-state index < -0.39 is 10.0 Å². The van der Waals surface area contributed by atoms with Gasteiger partial charge in [-0.3, -0.25) is 4.79 Å². The van der Waals surface area contributed by atoms with Crippen LogP contribution in [0, 0.1) is 0 Å². The highest BCUT2D eigenvalue weighted by molar-refractivity contribution is 7.89. The Kier molecular flexibility index (Phi) is 5.02. The van der Waals surface area contributed by atoms with Crippen LogP contribution in [-0.2, 0) is 27.7 Å². The van der Waals surface area contributed by atoms with Crippen LogP contribution in [0.5, 0.6) is 0 Å². The fraction of sp³-hybridized carbons (Fsp3) is 0.522. The molecule has 0 aliphatic carbocycles. The molecule has 0 radical (unpaired) electrons. The third-order valence-electron chi connectivity index (χ3n) is 7.29. The fourth-order valence-corrected chi connectivity index (χ4v) is 7.04. The van der Waals surface area contributed by atoms with Crippen LogP contribution in [0.1, 0.15) is 30.4 Å². The molecule has 0 unspecified atom stereocenters. The van der Waals surface area contributed by atoms with E-state index in [9.17, 15) is 13.2 Å². The number of benzene rings is 1. The monoisotopic (exact) mass is 468 g/mol. The minimum absolute atomic E-state index is 0.144. The van der Waals surface area contributed by atoms with Crippen molar-refractivity contribution in [1.82, 2.24) is 14.3 Å². The number of piperazine rings is 1. The van der Waals surface area contributed by atoms with Crippen LogP contribution in [0.15, 0.2) is 29.4 Å². The van der Waals surface area contributed by atoms with Crippen molar-refractivity contribution in [3.05, 3.63) is 35.7 Å². The fourth-order valence-electron chi connectivity index (χ4n) is 5.51. The number of hydrogen-bond acceptors (Lipinski definition) is 7. The number of carbonyl (C=O) groups is 1. The molecular weight excluding hydrogens is 440 g/mol. The predicted molar refractivity (Wildman–Crippen MR) is 125 cm³/mol. The molecule has 0 spiro atoms.